The van der Waals surface area contributed by atoms with Crippen LogP contribution >= 0.6 is 0 Å². The summed E-state index contributed by atoms with van der Waals surface area (Å²) < 4.78 is 2.01. The number of likely N-dealkylation sites (N-methyl/N-ethyl adjacent to an activating group) is 1. The van der Waals surface area contributed by atoms with Gasteiger partial charge in [0.1, 0.15) is 5.82 Å². The molecule has 0 radical (unpaired) electrons. The zero-order chi connectivity index (χ0) is 16.1. The highest BCUT2D eigenvalue weighted by Gasteiger charge is 2.08. The molecular weight excluding hydrogens is 288 g/mol. The van der Waals surface area contributed by atoms with Gasteiger partial charge in [-0.25, -0.2) is 4.98 Å². The monoisotopic (exact) mass is 306 g/mol. The van der Waals surface area contributed by atoms with Crippen molar-refractivity contribution < 1.29 is 4.79 Å². The molecule has 0 saturated heterocycles. The third-order valence-corrected chi connectivity index (χ3v) is 3.51. The Morgan fingerprint density at radius 1 is 1.17 bits per heavy atom. The van der Waals surface area contributed by atoms with Crippen LogP contribution in [-0.2, 0) is 11.2 Å². The molecule has 1 N–H and O–H groups in total. The van der Waals surface area contributed by atoms with Crippen LogP contribution in [0.25, 0.3) is 17.1 Å². The summed E-state index contributed by atoms with van der Waals surface area (Å²) >= 11 is 0. The molecular formula is C18H18N4O. The van der Waals surface area contributed by atoms with Crippen molar-refractivity contribution in [3.63, 3.8) is 0 Å². The van der Waals surface area contributed by atoms with E-state index in [0.717, 1.165) is 22.6 Å². The maximum Gasteiger partial charge on any atom is 0.224 e. The first kappa shape index (κ1) is 15.0. The Kier molecular flexibility index (Phi) is 4.47. The number of rotatable bonds is 5. The number of aromatic nitrogens is 3. The molecule has 3 aromatic rings. The van der Waals surface area contributed by atoms with Crippen LogP contribution in [-0.4, -0.2) is 27.0 Å². The van der Waals surface area contributed by atoms with Gasteiger partial charge in [-0.1, -0.05) is 12.1 Å². The summed E-state index contributed by atoms with van der Waals surface area (Å²) in [5.41, 5.74) is 2.95. The molecule has 5 nitrogen and oxygen atoms in total. The molecule has 0 bridgehead atoms. The molecule has 0 aliphatic rings. The number of carbonyl (C=O) groups is 1. The van der Waals surface area contributed by atoms with Gasteiger partial charge in [-0.2, -0.15) is 0 Å². The summed E-state index contributed by atoms with van der Waals surface area (Å²) in [7, 11) is 0. The van der Waals surface area contributed by atoms with Gasteiger partial charge in [0, 0.05) is 42.6 Å². The summed E-state index contributed by atoms with van der Waals surface area (Å²) in [5.74, 6) is 0.883. The van der Waals surface area contributed by atoms with Crippen molar-refractivity contribution in [1.82, 2.24) is 19.9 Å². The number of amides is 1. The number of nitrogens with zero attached hydrogens (tertiary/aromatic N) is 3. The van der Waals surface area contributed by atoms with Gasteiger partial charge in [0.05, 0.1) is 6.42 Å². The summed E-state index contributed by atoms with van der Waals surface area (Å²) in [6, 6.07) is 11.8. The molecule has 0 fully saturated rings. The van der Waals surface area contributed by atoms with Crippen molar-refractivity contribution >= 4 is 5.91 Å². The molecule has 116 valence electrons. The van der Waals surface area contributed by atoms with Crippen LogP contribution in [0.1, 0.15) is 12.5 Å². The highest BCUT2D eigenvalue weighted by molar-refractivity contribution is 5.78. The molecule has 0 aliphatic carbocycles. The van der Waals surface area contributed by atoms with E-state index >= 15 is 0 Å². The van der Waals surface area contributed by atoms with Gasteiger partial charge in [-0.3, -0.25) is 14.3 Å². The van der Waals surface area contributed by atoms with Crippen LogP contribution in [0.3, 0.4) is 0 Å². The lowest BCUT2D eigenvalue weighted by Gasteiger charge is -2.09. The highest BCUT2D eigenvalue weighted by atomic mass is 16.1. The Hall–Kier alpha value is -2.95. The van der Waals surface area contributed by atoms with Crippen LogP contribution in [0.15, 0.2) is 61.2 Å². The molecule has 0 aliphatic heterocycles. The third kappa shape index (κ3) is 3.45. The van der Waals surface area contributed by atoms with E-state index in [9.17, 15) is 4.79 Å². The second kappa shape index (κ2) is 6.87. The molecule has 2 heterocycles. The second-order valence-electron chi connectivity index (χ2n) is 5.16. The maximum atomic E-state index is 11.6. The first-order valence-electron chi connectivity index (χ1n) is 7.57. The number of carbonyl (C=O) groups excluding carboxylic acids is 1. The Morgan fingerprint density at radius 2 is 2.00 bits per heavy atom. The number of hydrogen-bond acceptors (Lipinski definition) is 3. The first-order chi connectivity index (χ1) is 11.3. The molecule has 1 amide bonds. The van der Waals surface area contributed by atoms with Crippen LogP contribution in [0.5, 0.6) is 0 Å². The lowest BCUT2D eigenvalue weighted by atomic mass is 10.1. The average Bonchev–Trinajstić information content (AvgIpc) is 3.06. The molecule has 0 atom stereocenters. The largest absolute Gasteiger partial charge is 0.356 e. The fourth-order valence-corrected chi connectivity index (χ4v) is 2.44. The summed E-state index contributed by atoms with van der Waals surface area (Å²) in [5, 5.41) is 2.81. The van der Waals surface area contributed by atoms with E-state index in [1.54, 1.807) is 18.6 Å². The standard InChI is InChI=1S/C18H18N4O/c1-2-20-17(23)12-14-5-7-16(8-6-14)22-11-10-21-18(22)15-4-3-9-19-13-15/h3-11,13H,2,12H2,1H3,(H,20,23). The van der Waals surface area contributed by atoms with Crippen LogP contribution in [0.4, 0.5) is 0 Å². The van der Waals surface area contributed by atoms with Gasteiger partial charge < -0.3 is 5.32 Å². The Morgan fingerprint density at radius 3 is 2.70 bits per heavy atom. The predicted molar refractivity (Wildman–Crippen MR) is 89.2 cm³/mol. The van der Waals surface area contributed by atoms with E-state index < -0.39 is 0 Å². The fourth-order valence-electron chi connectivity index (χ4n) is 2.44. The van der Waals surface area contributed by atoms with E-state index in [2.05, 4.69) is 15.3 Å². The summed E-state index contributed by atoms with van der Waals surface area (Å²) in [4.78, 5) is 20.2. The van der Waals surface area contributed by atoms with Crippen molar-refractivity contribution in [3.8, 4) is 17.1 Å². The SMILES string of the molecule is CCNC(=O)Cc1ccc(-n2ccnc2-c2cccnc2)cc1. The van der Waals surface area contributed by atoms with Gasteiger partial charge in [0.15, 0.2) is 0 Å². The van der Waals surface area contributed by atoms with Crippen molar-refractivity contribution in [3.05, 3.63) is 66.7 Å². The number of pyridine rings is 1. The molecule has 2 aromatic heterocycles. The van der Waals surface area contributed by atoms with Crippen molar-refractivity contribution in [1.29, 1.82) is 0 Å². The third-order valence-electron chi connectivity index (χ3n) is 3.51. The van der Waals surface area contributed by atoms with Crippen molar-refractivity contribution in [2.45, 2.75) is 13.3 Å². The molecule has 5 heteroatoms. The van der Waals surface area contributed by atoms with Crippen molar-refractivity contribution in [2.75, 3.05) is 6.54 Å². The number of benzene rings is 1. The normalized spacial score (nSPS) is 10.5. The van der Waals surface area contributed by atoms with Crippen LogP contribution in [0.2, 0.25) is 0 Å². The van der Waals surface area contributed by atoms with Crippen LogP contribution < -0.4 is 5.32 Å². The van der Waals surface area contributed by atoms with Crippen molar-refractivity contribution in [2.24, 2.45) is 0 Å². The zero-order valence-electron chi connectivity index (χ0n) is 12.9. The lowest BCUT2D eigenvalue weighted by molar-refractivity contribution is -0.120. The minimum absolute atomic E-state index is 0.0407. The Balaban J connectivity index is 1.84. The maximum absolute atomic E-state index is 11.6. The number of nitrogens with one attached hydrogen (secondary N) is 1. The van der Waals surface area contributed by atoms with Gasteiger partial charge >= 0.3 is 0 Å². The van der Waals surface area contributed by atoms with Gasteiger partial charge in [0.2, 0.25) is 5.91 Å². The fraction of sp³-hybridized carbons (Fsp3) is 0.167. The van der Waals surface area contributed by atoms with Gasteiger partial charge in [-0.05, 0) is 36.8 Å². The molecule has 0 spiro atoms. The first-order valence-corrected chi connectivity index (χ1v) is 7.57. The molecule has 0 unspecified atom stereocenters. The minimum Gasteiger partial charge on any atom is -0.356 e. The van der Waals surface area contributed by atoms with E-state index in [4.69, 9.17) is 0 Å². The molecule has 3 rings (SSSR count). The van der Waals surface area contributed by atoms with Gasteiger partial charge in [0.25, 0.3) is 0 Å². The summed E-state index contributed by atoms with van der Waals surface area (Å²) in [6.45, 7) is 2.57. The topological polar surface area (TPSA) is 59.8 Å². The van der Waals surface area contributed by atoms with Crippen LogP contribution in [0, 0.1) is 0 Å². The van der Waals surface area contributed by atoms with E-state index in [1.165, 1.54) is 0 Å². The molecule has 1 aromatic carbocycles. The predicted octanol–water partition coefficient (Wildman–Crippen LogP) is 2.61. The number of hydrogen-bond donors (Lipinski definition) is 1. The molecule has 23 heavy (non-hydrogen) atoms. The summed E-state index contributed by atoms with van der Waals surface area (Å²) in [6.07, 6.45) is 7.62. The Labute approximate surface area is 135 Å². The van der Waals surface area contributed by atoms with E-state index in [-0.39, 0.29) is 5.91 Å². The quantitative estimate of drug-likeness (QED) is 0.788. The molecule has 0 saturated carbocycles. The average molecular weight is 306 g/mol. The van der Waals surface area contributed by atoms with E-state index in [1.807, 2.05) is 54.1 Å². The minimum atomic E-state index is 0.0407. The Bertz CT molecular complexity index is 778. The lowest BCUT2D eigenvalue weighted by Crippen LogP contribution is -2.24. The van der Waals surface area contributed by atoms with E-state index in [0.29, 0.717) is 13.0 Å². The highest BCUT2D eigenvalue weighted by Crippen LogP contribution is 2.20. The zero-order valence-corrected chi connectivity index (χ0v) is 12.9. The second-order valence-corrected chi connectivity index (χ2v) is 5.16. The number of imidazole rings is 1. The smallest absolute Gasteiger partial charge is 0.224 e. The van der Waals surface area contributed by atoms with Gasteiger partial charge in [-0.15, -0.1) is 0 Å².